The number of hydrogen-bond donors (Lipinski definition) is 0. The van der Waals surface area contributed by atoms with Crippen LogP contribution >= 0.6 is 0 Å². The molecule has 0 fully saturated rings. The van der Waals surface area contributed by atoms with Crippen molar-refractivity contribution < 1.29 is 13.6 Å². The van der Waals surface area contributed by atoms with E-state index >= 15 is 0 Å². The van der Waals surface area contributed by atoms with Gasteiger partial charge in [0.25, 0.3) is 0 Å². The summed E-state index contributed by atoms with van der Waals surface area (Å²) < 4.78 is 26.3. The number of carbonyl (C=O) groups excluding carboxylic acids is 1. The molecule has 0 saturated heterocycles. The summed E-state index contributed by atoms with van der Waals surface area (Å²) in [5.41, 5.74) is 0.811. The smallest absolute Gasteiger partial charge is 0.155 e. The summed E-state index contributed by atoms with van der Waals surface area (Å²) in [5, 5.41) is 0. The topological polar surface area (TPSA) is 17.1 Å². The van der Waals surface area contributed by atoms with Gasteiger partial charge in [-0.1, -0.05) is 0 Å². The van der Waals surface area contributed by atoms with Gasteiger partial charge in [0, 0.05) is 12.0 Å². The van der Waals surface area contributed by atoms with Crippen LogP contribution in [0.1, 0.15) is 24.8 Å². The first-order valence-corrected chi connectivity index (χ1v) is 4.85. The van der Waals surface area contributed by atoms with Crippen molar-refractivity contribution in [3.05, 3.63) is 41.5 Å². The number of ketones is 1. The van der Waals surface area contributed by atoms with Crippen LogP contribution in [0.25, 0.3) is 5.57 Å². The second-order valence-electron chi connectivity index (χ2n) is 3.61. The van der Waals surface area contributed by atoms with Crippen LogP contribution in [0.3, 0.4) is 0 Å². The summed E-state index contributed by atoms with van der Waals surface area (Å²) in [6, 6.07) is 3.30. The lowest BCUT2D eigenvalue weighted by molar-refractivity contribution is -0.114. The molecule has 0 aromatic heterocycles. The molecule has 1 nitrogen and oxygen atoms in total. The first-order valence-electron chi connectivity index (χ1n) is 4.85. The van der Waals surface area contributed by atoms with Crippen molar-refractivity contribution in [1.82, 2.24) is 0 Å². The highest BCUT2D eigenvalue weighted by Gasteiger charge is 2.15. The lowest BCUT2D eigenvalue weighted by atomic mass is 9.93. The van der Waals surface area contributed by atoms with Crippen LogP contribution < -0.4 is 0 Å². The Morgan fingerprint density at radius 3 is 2.67 bits per heavy atom. The van der Waals surface area contributed by atoms with Gasteiger partial charge in [-0.05, 0) is 42.7 Å². The van der Waals surface area contributed by atoms with Crippen molar-refractivity contribution in [1.29, 1.82) is 0 Å². The van der Waals surface area contributed by atoms with Gasteiger partial charge in [0.15, 0.2) is 5.78 Å². The third-order valence-corrected chi connectivity index (χ3v) is 2.48. The zero-order valence-corrected chi connectivity index (χ0v) is 8.09. The quantitative estimate of drug-likeness (QED) is 0.693. The summed E-state index contributed by atoms with van der Waals surface area (Å²) in [6.45, 7) is 0. The fraction of sp³-hybridized carbons (Fsp3) is 0.250. The van der Waals surface area contributed by atoms with Gasteiger partial charge < -0.3 is 0 Å². The maximum absolute atomic E-state index is 13.4. The molecule has 0 amide bonds. The molecule has 1 aromatic rings. The minimum absolute atomic E-state index is 0.0140. The standard InChI is InChI=1S/C12H10F2O/c13-9-4-5-12(14)11(7-9)8-2-1-3-10(15)6-8/h4-7H,1-3H2. The molecule has 0 bridgehead atoms. The van der Waals surface area contributed by atoms with Crippen LogP contribution in [0.4, 0.5) is 8.78 Å². The molecule has 0 saturated carbocycles. The van der Waals surface area contributed by atoms with Gasteiger partial charge in [-0.15, -0.1) is 0 Å². The number of allylic oxidation sites excluding steroid dienone is 2. The number of rotatable bonds is 1. The summed E-state index contributed by atoms with van der Waals surface area (Å²) in [5.74, 6) is -0.970. The highest BCUT2D eigenvalue weighted by Crippen LogP contribution is 2.27. The predicted octanol–water partition coefficient (Wildman–Crippen LogP) is 3.10. The van der Waals surface area contributed by atoms with Crippen molar-refractivity contribution in [3.8, 4) is 0 Å². The molecular weight excluding hydrogens is 198 g/mol. The van der Waals surface area contributed by atoms with Gasteiger partial charge in [0.1, 0.15) is 11.6 Å². The largest absolute Gasteiger partial charge is 0.295 e. The number of hydrogen-bond acceptors (Lipinski definition) is 1. The minimum Gasteiger partial charge on any atom is -0.295 e. The minimum atomic E-state index is -0.481. The molecule has 0 atom stereocenters. The van der Waals surface area contributed by atoms with Crippen molar-refractivity contribution in [3.63, 3.8) is 0 Å². The molecule has 1 aromatic carbocycles. The number of benzene rings is 1. The molecule has 0 unspecified atom stereocenters. The van der Waals surface area contributed by atoms with Crippen molar-refractivity contribution >= 4 is 11.4 Å². The molecular formula is C12H10F2O. The highest BCUT2D eigenvalue weighted by atomic mass is 19.1. The van der Waals surface area contributed by atoms with Gasteiger partial charge in [0.2, 0.25) is 0 Å². The molecule has 1 aliphatic carbocycles. The van der Waals surface area contributed by atoms with Crippen LogP contribution in [0.2, 0.25) is 0 Å². The van der Waals surface area contributed by atoms with Gasteiger partial charge in [-0.3, -0.25) is 4.79 Å². The molecule has 0 aliphatic heterocycles. The maximum atomic E-state index is 13.4. The molecule has 1 aliphatic rings. The molecule has 0 N–H and O–H groups in total. The zero-order valence-electron chi connectivity index (χ0n) is 8.09. The average Bonchev–Trinajstić information content (AvgIpc) is 2.22. The average molecular weight is 208 g/mol. The van der Waals surface area contributed by atoms with Crippen LogP contribution in [0.15, 0.2) is 24.3 Å². The summed E-state index contributed by atoms with van der Waals surface area (Å²) >= 11 is 0. The second kappa shape index (κ2) is 3.93. The van der Waals surface area contributed by atoms with Gasteiger partial charge in [-0.25, -0.2) is 8.78 Å². The number of carbonyl (C=O) groups is 1. The highest BCUT2D eigenvalue weighted by molar-refractivity contribution is 5.98. The van der Waals surface area contributed by atoms with Crippen LogP contribution in [-0.4, -0.2) is 5.78 Å². The summed E-state index contributed by atoms with van der Waals surface area (Å²) in [7, 11) is 0. The summed E-state index contributed by atoms with van der Waals surface area (Å²) in [6.07, 6.45) is 3.26. The Morgan fingerprint density at radius 1 is 1.13 bits per heavy atom. The van der Waals surface area contributed by atoms with E-state index in [0.29, 0.717) is 24.8 Å². The fourth-order valence-electron chi connectivity index (χ4n) is 1.75. The molecule has 0 radical (unpaired) electrons. The van der Waals surface area contributed by atoms with Crippen LogP contribution in [0.5, 0.6) is 0 Å². The van der Waals surface area contributed by atoms with E-state index in [2.05, 4.69) is 0 Å². The van der Waals surface area contributed by atoms with E-state index in [1.54, 1.807) is 0 Å². The third-order valence-electron chi connectivity index (χ3n) is 2.48. The molecule has 0 spiro atoms. The Balaban J connectivity index is 2.44. The van der Waals surface area contributed by atoms with Gasteiger partial charge in [-0.2, -0.15) is 0 Å². The Morgan fingerprint density at radius 2 is 1.93 bits per heavy atom. The molecule has 15 heavy (non-hydrogen) atoms. The predicted molar refractivity (Wildman–Crippen MR) is 53.2 cm³/mol. The van der Waals surface area contributed by atoms with E-state index in [4.69, 9.17) is 0 Å². The van der Waals surface area contributed by atoms with E-state index in [1.807, 2.05) is 0 Å². The maximum Gasteiger partial charge on any atom is 0.155 e. The van der Waals surface area contributed by atoms with E-state index < -0.39 is 11.6 Å². The second-order valence-corrected chi connectivity index (χ2v) is 3.61. The molecule has 78 valence electrons. The molecule has 3 heteroatoms. The van der Waals surface area contributed by atoms with Crippen molar-refractivity contribution in [2.24, 2.45) is 0 Å². The molecule has 0 heterocycles. The van der Waals surface area contributed by atoms with Gasteiger partial charge >= 0.3 is 0 Å². The van der Waals surface area contributed by atoms with E-state index in [-0.39, 0.29) is 11.3 Å². The Labute approximate surface area is 86.4 Å². The third kappa shape index (κ3) is 2.12. The lowest BCUT2D eigenvalue weighted by Crippen LogP contribution is -2.03. The molecule has 2 rings (SSSR count). The lowest BCUT2D eigenvalue weighted by Gasteiger charge is -2.12. The monoisotopic (exact) mass is 208 g/mol. The fourth-order valence-corrected chi connectivity index (χ4v) is 1.75. The Kier molecular flexibility index (Phi) is 2.62. The zero-order chi connectivity index (χ0) is 10.8. The summed E-state index contributed by atoms with van der Waals surface area (Å²) in [4.78, 5) is 11.2. The van der Waals surface area contributed by atoms with E-state index in [0.717, 1.165) is 18.2 Å². The van der Waals surface area contributed by atoms with E-state index in [9.17, 15) is 13.6 Å². The Bertz CT molecular complexity index is 435. The first kappa shape index (κ1) is 10.0. The van der Waals surface area contributed by atoms with Crippen molar-refractivity contribution in [2.45, 2.75) is 19.3 Å². The SMILES string of the molecule is O=C1C=C(c2cc(F)ccc2F)CCC1. The van der Waals surface area contributed by atoms with Crippen LogP contribution in [0, 0.1) is 11.6 Å². The Hall–Kier alpha value is -1.51. The number of halogens is 2. The normalized spacial score (nSPS) is 16.4. The van der Waals surface area contributed by atoms with Crippen molar-refractivity contribution in [2.75, 3.05) is 0 Å². The van der Waals surface area contributed by atoms with Gasteiger partial charge in [0.05, 0.1) is 0 Å². The first-order chi connectivity index (χ1) is 7.16. The van der Waals surface area contributed by atoms with Crippen LogP contribution in [-0.2, 0) is 4.79 Å². The van der Waals surface area contributed by atoms with E-state index in [1.165, 1.54) is 6.08 Å².